The predicted molar refractivity (Wildman–Crippen MR) is 83.8 cm³/mol. The zero-order valence-electron chi connectivity index (χ0n) is 13.1. The normalized spacial score (nSPS) is 20.8. The smallest absolute Gasteiger partial charge is 0.243 e. The van der Waals surface area contributed by atoms with Gasteiger partial charge < -0.3 is 20.5 Å². The van der Waals surface area contributed by atoms with Crippen molar-refractivity contribution in [3.05, 3.63) is 24.3 Å². The third-order valence-corrected chi connectivity index (χ3v) is 3.69. The van der Waals surface area contributed by atoms with Crippen LogP contribution in [0.3, 0.4) is 0 Å². The molecule has 2 amide bonds. The molecular weight excluding hydrogens is 314 g/mol. The van der Waals surface area contributed by atoms with Crippen LogP contribution in [0.4, 0.5) is 0 Å². The van der Waals surface area contributed by atoms with Crippen molar-refractivity contribution in [2.45, 2.75) is 25.1 Å². The number of carbonyl (C=O) groups is 2. The molecule has 3 N–H and O–H groups in total. The second-order valence-corrected chi connectivity index (χ2v) is 5.57. The number of primary amides is 1. The summed E-state index contributed by atoms with van der Waals surface area (Å²) in [6.45, 7) is 0.655. The van der Waals surface area contributed by atoms with Gasteiger partial charge in [-0.3, -0.25) is 9.59 Å². The maximum Gasteiger partial charge on any atom is 0.243 e. The number of hydrogen-bond donors (Lipinski definition) is 2. The van der Waals surface area contributed by atoms with Gasteiger partial charge >= 0.3 is 0 Å². The van der Waals surface area contributed by atoms with E-state index in [1.165, 1.54) is 4.80 Å². The third-order valence-electron chi connectivity index (χ3n) is 3.69. The summed E-state index contributed by atoms with van der Waals surface area (Å²) in [4.78, 5) is 24.4. The maximum atomic E-state index is 12.2. The van der Waals surface area contributed by atoms with Crippen LogP contribution >= 0.6 is 0 Å². The number of nitrogens with one attached hydrogen (secondary N) is 1. The number of benzene rings is 1. The van der Waals surface area contributed by atoms with Crippen LogP contribution in [0, 0.1) is 0 Å². The number of fused-ring (bicyclic) bond motifs is 1. The fourth-order valence-corrected chi connectivity index (χ4v) is 2.60. The first-order valence-corrected chi connectivity index (χ1v) is 7.69. The van der Waals surface area contributed by atoms with Crippen LogP contribution in [0.5, 0.6) is 0 Å². The van der Waals surface area contributed by atoms with E-state index < -0.39 is 5.91 Å². The Balaban J connectivity index is 1.58. The predicted octanol–water partition coefficient (Wildman–Crippen LogP) is -0.793. The molecule has 1 aliphatic rings. The SMILES string of the molecule is NC(=O)CO[C@H]1CCOC[C@H]1NC(=O)Cn1nc2ccccc2n1. The number of nitrogens with zero attached hydrogens (tertiary/aromatic N) is 3. The summed E-state index contributed by atoms with van der Waals surface area (Å²) in [5.74, 6) is -0.794. The Kier molecular flexibility index (Phi) is 5.02. The topological polar surface area (TPSA) is 121 Å². The molecule has 0 spiro atoms. The Labute approximate surface area is 138 Å². The van der Waals surface area contributed by atoms with Gasteiger partial charge in [0.1, 0.15) is 24.2 Å². The lowest BCUT2D eigenvalue weighted by atomic mass is 10.1. The molecule has 2 heterocycles. The quantitative estimate of drug-likeness (QED) is 0.714. The number of rotatable bonds is 6. The molecule has 0 saturated carbocycles. The number of hydrogen-bond acceptors (Lipinski definition) is 6. The zero-order chi connectivity index (χ0) is 16.9. The highest BCUT2D eigenvalue weighted by atomic mass is 16.5. The van der Waals surface area contributed by atoms with Crippen LogP contribution in [-0.4, -0.2) is 58.8 Å². The third kappa shape index (κ3) is 4.06. The molecule has 1 aliphatic heterocycles. The van der Waals surface area contributed by atoms with Crippen LogP contribution in [-0.2, 0) is 25.6 Å². The van der Waals surface area contributed by atoms with Crippen LogP contribution in [0.1, 0.15) is 6.42 Å². The monoisotopic (exact) mass is 333 g/mol. The summed E-state index contributed by atoms with van der Waals surface area (Å²) in [5.41, 5.74) is 6.55. The summed E-state index contributed by atoms with van der Waals surface area (Å²) in [6.07, 6.45) is 0.280. The van der Waals surface area contributed by atoms with Crippen LogP contribution in [0.2, 0.25) is 0 Å². The van der Waals surface area contributed by atoms with Gasteiger partial charge in [-0.1, -0.05) is 12.1 Å². The number of amides is 2. The van der Waals surface area contributed by atoms with E-state index >= 15 is 0 Å². The van der Waals surface area contributed by atoms with Gasteiger partial charge in [-0.05, 0) is 18.6 Å². The Bertz CT molecular complexity index is 698. The fraction of sp³-hybridized carbons (Fsp3) is 0.467. The van der Waals surface area contributed by atoms with Gasteiger partial charge in [-0.2, -0.15) is 15.0 Å². The number of carbonyl (C=O) groups excluding carboxylic acids is 2. The van der Waals surface area contributed by atoms with Crippen molar-refractivity contribution in [2.75, 3.05) is 19.8 Å². The van der Waals surface area contributed by atoms with Crippen molar-refractivity contribution in [3.63, 3.8) is 0 Å². The summed E-state index contributed by atoms with van der Waals surface area (Å²) in [6, 6.07) is 7.05. The molecular formula is C15H19N5O4. The first-order chi connectivity index (χ1) is 11.6. The zero-order valence-corrected chi connectivity index (χ0v) is 13.1. The average Bonchev–Trinajstić information content (AvgIpc) is 2.96. The van der Waals surface area contributed by atoms with Crippen molar-refractivity contribution in [1.82, 2.24) is 20.3 Å². The highest BCUT2D eigenvalue weighted by Crippen LogP contribution is 2.12. The van der Waals surface area contributed by atoms with Gasteiger partial charge in [0, 0.05) is 6.61 Å². The van der Waals surface area contributed by atoms with Crippen LogP contribution < -0.4 is 11.1 Å². The van der Waals surface area contributed by atoms with Crippen LogP contribution in [0.15, 0.2) is 24.3 Å². The van der Waals surface area contributed by atoms with Gasteiger partial charge in [0.05, 0.1) is 18.8 Å². The van der Waals surface area contributed by atoms with E-state index in [9.17, 15) is 9.59 Å². The molecule has 1 aromatic carbocycles. The lowest BCUT2D eigenvalue weighted by Gasteiger charge is -2.31. The molecule has 0 bridgehead atoms. The maximum absolute atomic E-state index is 12.2. The molecule has 0 unspecified atom stereocenters. The number of ether oxygens (including phenoxy) is 2. The molecule has 3 rings (SSSR count). The minimum Gasteiger partial charge on any atom is -0.379 e. The summed E-state index contributed by atoms with van der Waals surface area (Å²) >= 11 is 0. The van der Waals surface area contributed by atoms with Crippen LogP contribution in [0.25, 0.3) is 11.0 Å². The average molecular weight is 333 g/mol. The minimum atomic E-state index is -0.543. The summed E-state index contributed by atoms with van der Waals surface area (Å²) < 4.78 is 10.8. The molecule has 128 valence electrons. The van der Waals surface area contributed by atoms with E-state index in [4.69, 9.17) is 15.2 Å². The first kappa shape index (κ1) is 16.3. The fourth-order valence-electron chi connectivity index (χ4n) is 2.60. The largest absolute Gasteiger partial charge is 0.379 e. The van der Waals surface area contributed by atoms with Crippen molar-refractivity contribution in [2.24, 2.45) is 5.73 Å². The molecule has 9 nitrogen and oxygen atoms in total. The van der Waals surface area contributed by atoms with E-state index in [-0.39, 0.29) is 31.2 Å². The highest BCUT2D eigenvalue weighted by Gasteiger charge is 2.28. The summed E-state index contributed by atoms with van der Waals surface area (Å²) in [7, 11) is 0. The van der Waals surface area contributed by atoms with E-state index in [1.807, 2.05) is 24.3 Å². The highest BCUT2D eigenvalue weighted by molar-refractivity contribution is 5.77. The van der Waals surface area contributed by atoms with Gasteiger partial charge in [-0.25, -0.2) is 0 Å². The molecule has 1 fully saturated rings. The van der Waals surface area contributed by atoms with Crippen molar-refractivity contribution < 1.29 is 19.1 Å². The van der Waals surface area contributed by atoms with E-state index in [0.717, 1.165) is 11.0 Å². The first-order valence-electron chi connectivity index (χ1n) is 7.69. The second kappa shape index (κ2) is 7.37. The van der Waals surface area contributed by atoms with Crippen molar-refractivity contribution >= 4 is 22.8 Å². The van der Waals surface area contributed by atoms with Gasteiger partial charge in [0.2, 0.25) is 11.8 Å². The minimum absolute atomic E-state index is 0.00623. The molecule has 2 aromatic rings. The lowest BCUT2D eigenvalue weighted by Crippen LogP contribution is -2.51. The Morgan fingerprint density at radius 1 is 1.33 bits per heavy atom. The van der Waals surface area contributed by atoms with E-state index in [2.05, 4.69) is 15.5 Å². The second-order valence-electron chi connectivity index (χ2n) is 5.57. The van der Waals surface area contributed by atoms with Gasteiger partial charge in [-0.15, -0.1) is 0 Å². The molecule has 0 radical (unpaired) electrons. The molecule has 0 aliphatic carbocycles. The molecule has 9 heteroatoms. The standard InChI is InChI=1S/C15H19N5O4/c16-14(21)9-24-13-5-6-23-8-12(13)17-15(22)7-20-18-10-3-1-2-4-11(10)19-20/h1-4,12-13H,5-9H2,(H2,16,21)(H,17,22)/t12-,13+/m1/s1. The number of aromatic nitrogens is 3. The Hall–Kier alpha value is -2.52. The Morgan fingerprint density at radius 3 is 2.71 bits per heavy atom. The molecule has 1 saturated heterocycles. The van der Waals surface area contributed by atoms with E-state index in [0.29, 0.717) is 19.6 Å². The molecule has 1 aromatic heterocycles. The molecule has 2 atom stereocenters. The molecule has 24 heavy (non-hydrogen) atoms. The Morgan fingerprint density at radius 2 is 2.04 bits per heavy atom. The van der Waals surface area contributed by atoms with E-state index in [1.54, 1.807) is 0 Å². The van der Waals surface area contributed by atoms with Gasteiger partial charge in [0.15, 0.2) is 0 Å². The van der Waals surface area contributed by atoms with Crippen molar-refractivity contribution in [3.8, 4) is 0 Å². The number of nitrogens with two attached hydrogens (primary N) is 1. The summed E-state index contributed by atoms with van der Waals surface area (Å²) in [5, 5.41) is 11.3. The van der Waals surface area contributed by atoms with Crippen molar-refractivity contribution in [1.29, 1.82) is 0 Å². The lowest BCUT2D eigenvalue weighted by molar-refractivity contribution is -0.131. The van der Waals surface area contributed by atoms with Gasteiger partial charge in [0.25, 0.3) is 0 Å².